The summed E-state index contributed by atoms with van der Waals surface area (Å²) in [6.45, 7) is 4.29. The third-order valence-electron chi connectivity index (χ3n) is 4.47. The molecule has 0 saturated carbocycles. The molecule has 3 nitrogen and oxygen atoms in total. The maximum atomic E-state index is 5.93. The van der Waals surface area contributed by atoms with Gasteiger partial charge in [0.05, 0.1) is 13.2 Å². The molecule has 28 heavy (non-hydrogen) atoms. The van der Waals surface area contributed by atoms with E-state index in [-0.39, 0.29) is 0 Å². The minimum Gasteiger partial charge on any atom is -0.494 e. The number of hydrogen-bond acceptors (Lipinski definition) is 3. The molecule has 3 aromatic rings. The van der Waals surface area contributed by atoms with Crippen LogP contribution in [0.4, 0.5) is 5.69 Å². The molecule has 0 aromatic heterocycles. The second kappa shape index (κ2) is 11.0. The van der Waals surface area contributed by atoms with E-state index >= 15 is 0 Å². The molecule has 3 heteroatoms. The molecule has 0 amide bonds. The fraction of sp³-hybridized carbons (Fsp3) is 0.280. The first-order valence-corrected chi connectivity index (χ1v) is 10.1. The first-order valence-electron chi connectivity index (χ1n) is 10.1. The molecule has 3 rings (SSSR count). The molecular formula is C25H29NO2. The molecular weight excluding hydrogens is 346 g/mol. The third kappa shape index (κ3) is 6.34. The molecule has 0 fully saturated rings. The van der Waals surface area contributed by atoms with Crippen molar-refractivity contribution in [1.29, 1.82) is 0 Å². The highest BCUT2D eigenvalue weighted by Crippen LogP contribution is 2.22. The standard InChI is InChI=1S/C25H29NO2/c1-2-17-28-25-16-7-6-13-22(25)20-26-23-14-8-15-24(19-23)27-18-9-12-21-10-4-3-5-11-21/h3-8,10-11,13-16,19,26H,2,9,12,17-18,20H2,1H3. The molecule has 0 radical (unpaired) electrons. The van der Waals surface area contributed by atoms with Crippen molar-refractivity contribution in [3.05, 3.63) is 90.0 Å². The van der Waals surface area contributed by atoms with Crippen LogP contribution in [0, 0.1) is 0 Å². The van der Waals surface area contributed by atoms with E-state index in [2.05, 4.69) is 54.7 Å². The molecule has 0 atom stereocenters. The summed E-state index contributed by atoms with van der Waals surface area (Å²) in [6.07, 6.45) is 3.04. The first-order chi connectivity index (χ1) is 13.8. The minimum atomic E-state index is 0.714. The summed E-state index contributed by atoms with van der Waals surface area (Å²) in [5.74, 6) is 1.85. The van der Waals surface area contributed by atoms with Gasteiger partial charge in [0.25, 0.3) is 0 Å². The van der Waals surface area contributed by atoms with Gasteiger partial charge in [0.1, 0.15) is 11.5 Å². The van der Waals surface area contributed by atoms with Gasteiger partial charge in [-0.15, -0.1) is 0 Å². The van der Waals surface area contributed by atoms with E-state index in [0.29, 0.717) is 6.61 Å². The Bertz CT molecular complexity index is 833. The molecule has 0 bridgehead atoms. The Kier molecular flexibility index (Phi) is 7.80. The Hall–Kier alpha value is -2.94. The quantitative estimate of drug-likeness (QED) is 0.411. The zero-order valence-corrected chi connectivity index (χ0v) is 16.6. The average molecular weight is 376 g/mol. The average Bonchev–Trinajstić information content (AvgIpc) is 2.75. The van der Waals surface area contributed by atoms with E-state index in [1.165, 1.54) is 5.56 Å². The fourth-order valence-corrected chi connectivity index (χ4v) is 3.01. The highest BCUT2D eigenvalue weighted by molar-refractivity contribution is 5.49. The van der Waals surface area contributed by atoms with Crippen LogP contribution in [-0.2, 0) is 13.0 Å². The highest BCUT2D eigenvalue weighted by Gasteiger charge is 2.03. The van der Waals surface area contributed by atoms with E-state index in [4.69, 9.17) is 9.47 Å². The van der Waals surface area contributed by atoms with E-state index in [0.717, 1.165) is 55.2 Å². The number of aryl methyl sites for hydroxylation is 1. The lowest BCUT2D eigenvalue weighted by Gasteiger charge is -2.13. The number of anilines is 1. The fourth-order valence-electron chi connectivity index (χ4n) is 3.01. The molecule has 146 valence electrons. The summed E-state index contributed by atoms with van der Waals surface area (Å²) in [5, 5.41) is 3.47. The maximum absolute atomic E-state index is 5.93. The Morgan fingerprint density at radius 3 is 2.46 bits per heavy atom. The van der Waals surface area contributed by atoms with Crippen LogP contribution in [0.25, 0.3) is 0 Å². The molecule has 0 unspecified atom stereocenters. The first kappa shape index (κ1) is 19.8. The van der Waals surface area contributed by atoms with Crippen LogP contribution in [0.5, 0.6) is 11.5 Å². The molecule has 0 aliphatic heterocycles. The summed E-state index contributed by atoms with van der Waals surface area (Å²) in [7, 11) is 0. The van der Waals surface area contributed by atoms with Crippen molar-refractivity contribution in [1.82, 2.24) is 0 Å². The third-order valence-corrected chi connectivity index (χ3v) is 4.47. The second-order valence-corrected chi connectivity index (χ2v) is 6.78. The Labute approximate surface area is 168 Å². The van der Waals surface area contributed by atoms with E-state index < -0.39 is 0 Å². The predicted octanol–water partition coefficient (Wildman–Crippen LogP) is 6.10. The van der Waals surface area contributed by atoms with Gasteiger partial charge in [-0.3, -0.25) is 0 Å². The van der Waals surface area contributed by atoms with Crippen LogP contribution in [0.1, 0.15) is 30.9 Å². The summed E-state index contributed by atoms with van der Waals surface area (Å²) < 4.78 is 11.8. The van der Waals surface area contributed by atoms with Crippen molar-refractivity contribution >= 4 is 5.69 Å². The number of hydrogen-bond donors (Lipinski definition) is 1. The molecule has 3 aromatic carbocycles. The van der Waals surface area contributed by atoms with Gasteiger partial charge in [0.2, 0.25) is 0 Å². The number of para-hydroxylation sites is 1. The number of rotatable bonds is 11. The van der Waals surface area contributed by atoms with Crippen molar-refractivity contribution in [3.63, 3.8) is 0 Å². The number of benzene rings is 3. The molecule has 0 saturated heterocycles. The van der Waals surface area contributed by atoms with Crippen LogP contribution in [0.3, 0.4) is 0 Å². The van der Waals surface area contributed by atoms with Gasteiger partial charge >= 0.3 is 0 Å². The number of ether oxygens (including phenoxy) is 2. The monoisotopic (exact) mass is 375 g/mol. The lowest BCUT2D eigenvalue weighted by molar-refractivity contribution is 0.311. The van der Waals surface area contributed by atoms with Gasteiger partial charge in [-0.25, -0.2) is 0 Å². The van der Waals surface area contributed by atoms with Crippen LogP contribution in [0.2, 0.25) is 0 Å². The van der Waals surface area contributed by atoms with E-state index in [9.17, 15) is 0 Å². The lowest BCUT2D eigenvalue weighted by atomic mass is 10.1. The van der Waals surface area contributed by atoms with Crippen molar-refractivity contribution in [2.24, 2.45) is 0 Å². The SMILES string of the molecule is CCCOc1ccccc1CNc1cccc(OCCCc2ccccc2)c1. The highest BCUT2D eigenvalue weighted by atomic mass is 16.5. The topological polar surface area (TPSA) is 30.5 Å². The normalized spacial score (nSPS) is 10.5. The maximum Gasteiger partial charge on any atom is 0.124 e. The van der Waals surface area contributed by atoms with Gasteiger partial charge in [-0.2, -0.15) is 0 Å². The summed E-state index contributed by atoms with van der Waals surface area (Å²) in [5.41, 5.74) is 3.56. The van der Waals surface area contributed by atoms with Crippen LogP contribution >= 0.6 is 0 Å². The van der Waals surface area contributed by atoms with Gasteiger partial charge < -0.3 is 14.8 Å². The van der Waals surface area contributed by atoms with Crippen molar-refractivity contribution < 1.29 is 9.47 Å². The molecule has 0 heterocycles. The Balaban J connectivity index is 1.48. The molecule has 0 aliphatic rings. The zero-order chi connectivity index (χ0) is 19.4. The predicted molar refractivity (Wildman–Crippen MR) is 116 cm³/mol. The number of nitrogens with one attached hydrogen (secondary N) is 1. The van der Waals surface area contributed by atoms with Crippen molar-refractivity contribution in [3.8, 4) is 11.5 Å². The van der Waals surface area contributed by atoms with Gasteiger partial charge in [0, 0.05) is 23.9 Å². The Morgan fingerprint density at radius 1 is 0.786 bits per heavy atom. The Morgan fingerprint density at radius 2 is 1.61 bits per heavy atom. The summed E-state index contributed by atoms with van der Waals surface area (Å²) in [4.78, 5) is 0. The molecule has 1 N–H and O–H groups in total. The van der Waals surface area contributed by atoms with Crippen LogP contribution < -0.4 is 14.8 Å². The van der Waals surface area contributed by atoms with Gasteiger partial charge in [-0.1, -0.05) is 61.5 Å². The van der Waals surface area contributed by atoms with Crippen LogP contribution in [-0.4, -0.2) is 13.2 Å². The van der Waals surface area contributed by atoms with Gasteiger partial charge in [0.15, 0.2) is 0 Å². The van der Waals surface area contributed by atoms with Gasteiger partial charge in [-0.05, 0) is 43.0 Å². The van der Waals surface area contributed by atoms with Crippen molar-refractivity contribution in [2.75, 3.05) is 18.5 Å². The van der Waals surface area contributed by atoms with E-state index in [1.807, 2.05) is 36.4 Å². The summed E-state index contributed by atoms with van der Waals surface area (Å²) >= 11 is 0. The minimum absolute atomic E-state index is 0.714. The molecule has 0 spiro atoms. The smallest absolute Gasteiger partial charge is 0.124 e. The second-order valence-electron chi connectivity index (χ2n) is 6.78. The lowest BCUT2D eigenvalue weighted by Crippen LogP contribution is -2.04. The molecule has 0 aliphatic carbocycles. The van der Waals surface area contributed by atoms with Crippen LogP contribution in [0.15, 0.2) is 78.9 Å². The largest absolute Gasteiger partial charge is 0.494 e. The van der Waals surface area contributed by atoms with E-state index in [1.54, 1.807) is 0 Å². The van der Waals surface area contributed by atoms with Crippen molar-refractivity contribution in [2.45, 2.75) is 32.7 Å². The summed E-state index contributed by atoms with van der Waals surface area (Å²) in [6, 6.07) is 26.9. The zero-order valence-electron chi connectivity index (χ0n) is 16.6.